The largest absolute Gasteiger partial charge is 0.390 e. The summed E-state index contributed by atoms with van der Waals surface area (Å²) in [6.07, 6.45) is 2.82. The molecule has 88 valence electrons. The summed E-state index contributed by atoms with van der Waals surface area (Å²) >= 11 is 5.96. The van der Waals surface area contributed by atoms with E-state index in [1.165, 1.54) is 0 Å². The summed E-state index contributed by atoms with van der Waals surface area (Å²) in [5.41, 5.74) is 0.873. The highest BCUT2D eigenvalue weighted by atomic mass is 35.5. The Labute approximate surface area is 99.2 Å². The molecule has 16 heavy (non-hydrogen) atoms. The molecule has 2 rings (SSSR count). The number of hydrogen-bond donors (Lipinski definition) is 1. The second-order valence-corrected chi connectivity index (χ2v) is 4.13. The smallest absolute Gasteiger partial charge is 0.107 e. The summed E-state index contributed by atoms with van der Waals surface area (Å²) in [7, 11) is 0. The highest BCUT2D eigenvalue weighted by Gasteiger charge is 2.23. The third kappa shape index (κ3) is 2.92. The first-order valence-electron chi connectivity index (χ1n) is 5.23. The van der Waals surface area contributed by atoms with Gasteiger partial charge in [-0.15, -0.1) is 0 Å². The van der Waals surface area contributed by atoms with Crippen LogP contribution in [-0.4, -0.2) is 42.1 Å². The molecule has 1 aromatic rings. The van der Waals surface area contributed by atoms with Crippen LogP contribution < -0.4 is 0 Å². The number of halogens is 1. The van der Waals surface area contributed by atoms with Gasteiger partial charge in [-0.3, -0.25) is 4.98 Å². The van der Waals surface area contributed by atoms with Crippen LogP contribution in [0.5, 0.6) is 0 Å². The molecule has 0 aliphatic carbocycles. The molecule has 2 atom stereocenters. The van der Waals surface area contributed by atoms with Crippen molar-refractivity contribution in [3.05, 3.63) is 29.0 Å². The van der Waals surface area contributed by atoms with E-state index in [1.807, 2.05) is 0 Å². The predicted molar refractivity (Wildman–Crippen MR) is 59.5 cm³/mol. The van der Waals surface area contributed by atoms with Gasteiger partial charge in [0.05, 0.1) is 30.9 Å². The van der Waals surface area contributed by atoms with E-state index in [0.717, 1.165) is 5.56 Å². The van der Waals surface area contributed by atoms with Crippen LogP contribution in [0.1, 0.15) is 5.56 Å². The quantitative estimate of drug-likeness (QED) is 0.862. The molecule has 1 aliphatic heterocycles. The maximum Gasteiger partial charge on any atom is 0.107 e. The molecule has 1 aromatic heterocycles. The van der Waals surface area contributed by atoms with E-state index in [9.17, 15) is 5.11 Å². The lowest BCUT2D eigenvalue weighted by molar-refractivity contribution is -0.131. The van der Waals surface area contributed by atoms with Crippen LogP contribution in [0.25, 0.3) is 0 Å². The number of hydrogen-bond acceptors (Lipinski definition) is 4. The molecule has 4 nitrogen and oxygen atoms in total. The molecule has 5 heteroatoms. The molecule has 1 fully saturated rings. The maximum atomic E-state index is 9.97. The molecule has 2 heterocycles. The molecular formula is C11H14ClNO3. The van der Waals surface area contributed by atoms with Gasteiger partial charge in [-0.25, -0.2) is 0 Å². The van der Waals surface area contributed by atoms with Gasteiger partial charge in [-0.05, 0) is 11.6 Å². The molecule has 0 bridgehead atoms. The van der Waals surface area contributed by atoms with Gasteiger partial charge in [0, 0.05) is 18.8 Å². The number of aromatic nitrogens is 1. The Morgan fingerprint density at radius 1 is 1.56 bits per heavy atom. The van der Waals surface area contributed by atoms with Crippen molar-refractivity contribution in [2.24, 2.45) is 0 Å². The molecule has 2 unspecified atom stereocenters. The minimum Gasteiger partial charge on any atom is -0.390 e. The molecule has 0 amide bonds. The predicted octanol–water partition coefficient (Wildman–Crippen LogP) is 1.05. The minimum absolute atomic E-state index is 0.266. The standard InChI is InChI=1S/C11H14ClNO3/c12-9-6-13-2-1-8(9)5-10(14)11-7-15-3-4-16-11/h1-2,6,10-11,14H,3-5,7H2. The highest BCUT2D eigenvalue weighted by Crippen LogP contribution is 2.18. The van der Waals surface area contributed by atoms with Crippen LogP contribution in [0.4, 0.5) is 0 Å². The Kier molecular flexibility index (Phi) is 4.12. The average molecular weight is 244 g/mol. The van der Waals surface area contributed by atoms with E-state index >= 15 is 0 Å². The van der Waals surface area contributed by atoms with Gasteiger partial charge >= 0.3 is 0 Å². The fraction of sp³-hybridized carbons (Fsp3) is 0.545. The van der Waals surface area contributed by atoms with E-state index in [-0.39, 0.29) is 6.10 Å². The zero-order chi connectivity index (χ0) is 11.4. The van der Waals surface area contributed by atoms with Crippen molar-refractivity contribution in [3.8, 4) is 0 Å². The van der Waals surface area contributed by atoms with Crippen LogP contribution >= 0.6 is 11.6 Å². The van der Waals surface area contributed by atoms with Crippen LogP contribution in [-0.2, 0) is 15.9 Å². The van der Waals surface area contributed by atoms with Crippen LogP contribution in [0, 0.1) is 0 Å². The minimum atomic E-state index is -0.597. The molecule has 0 spiro atoms. The molecule has 1 N–H and O–H groups in total. The normalized spacial score (nSPS) is 23.0. The third-order valence-electron chi connectivity index (χ3n) is 2.56. The summed E-state index contributed by atoms with van der Waals surface area (Å²) in [4.78, 5) is 3.90. The van der Waals surface area contributed by atoms with Crippen molar-refractivity contribution >= 4 is 11.6 Å². The summed E-state index contributed by atoms with van der Waals surface area (Å²) in [5.74, 6) is 0. The van der Waals surface area contributed by atoms with Gasteiger partial charge in [0.25, 0.3) is 0 Å². The Hall–Kier alpha value is -0.680. The fourth-order valence-corrected chi connectivity index (χ4v) is 1.85. The van der Waals surface area contributed by atoms with Crippen LogP contribution in [0.3, 0.4) is 0 Å². The van der Waals surface area contributed by atoms with E-state index in [2.05, 4.69) is 4.98 Å². The second kappa shape index (κ2) is 5.59. The monoisotopic (exact) mass is 243 g/mol. The van der Waals surface area contributed by atoms with Gasteiger partial charge in [0.15, 0.2) is 0 Å². The number of pyridine rings is 1. The first kappa shape index (κ1) is 11.8. The van der Waals surface area contributed by atoms with Gasteiger partial charge in [0.2, 0.25) is 0 Å². The Morgan fingerprint density at radius 2 is 2.44 bits per heavy atom. The number of aliphatic hydroxyl groups is 1. The van der Waals surface area contributed by atoms with E-state index in [1.54, 1.807) is 18.5 Å². The first-order chi connectivity index (χ1) is 7.77. The Balaban J connectivity index is 1.96. The third-order valence-corrected chi connectivity index (χ3v) is 2.90. The fourth-order valence-electron chi connectivity index (χ4n) is 1.65. The lowest BCUT2D eigenvalue weighted by atomic mass is 10.0. The van der Waals surface area contributed by atoms with Gasteiger partial charge in [0.1, 0.15) is 6.10 Å². The van der Waals surface area contributed by atoms with Crippen LogP contribution in [0.2, 0.25) is 5.02 Å². The molecular weight excluding hydrogens is 230 g/mol. The maximum absolute atomic E-state index is 9.97. The van der Waals surface area contributed by atoms with Crippen molar-refractivity contribution in [2.45, 2.75) is 18.6 Å². The average Bonchev–Trinajstić information content (AvgIpc) is 2.33. The van der Waals surface area contributed by atoms with E-state index in [4.69, 9.17) is 21.1 Å². The Morgan fingerprint density at radius 3 is 3.12 bits per heavy atom. The topological polar surface area (TPSA) is 51.6 Å². The molecule has 1 aliphatic rings. The van der Waals surface area contributed by atoms with Gasteiger partial charge in [-0.2, -0.15) is 0 Å². The molecule has 0 radical (unpaired) electrons. The van der Waals surface area contributed by atoms with Gasteiger partial charge in [-0.1, -0.05) is 11.6 Å². The second-order valence-electron chi connectivity index (χ2n) is 3.72. The number of aliphatic hydroxyl groups excluding tert-OH is 1. The zero-order valence-electron chi connectivity index (χ0n) is 8.80. The van der Waals surface area contributed by atoms with Crippen LogP contribution in [0.15, 0.2) is 18.5 Å². The van der Waals surface area contributed by atoms with Crippen molar-refractivity contribution in [1.82, 2.24) is 4.98 Å². The summed E-state index contributed by atoms with van der Waals surface area (Å²) in [6.45, 7) is 1.56. The molecule has 0 saturated carbocycles. The number of ether oxygens (including phenoxy) is 2. The highest BCUT2D eigenvalue weighted by molar-refractivity contribution is 6.31. The number of nitrogens with zero attached hydrogens (tertiary/aromatic N) is 1. The molecule has 0 aromatic carbocycles. The molecule has 1 saturated heterocycles. The van der Waals surface area contributed by atoms with Crippen molar-refractivity contribution < 1.29 is 14.6 Å². The lowest BCUT2D eigenvalue weighted by Crippen LogP contribution is -2.39. The van der Waals surface area contributed by atoms with E-state index in [0.29, 0.717) is 31.3 Å². The number of rotatable bonds is 3. The van der Waals surface area contributed by atoms with Crippen molar-refractivity contribution in [2.75, 3.05) is 19.8 Å². The SMILES string of the molecule is OC(Cc1ccncc1Cl)C1COCCO1. The zero-order valence-corrected chi connectivity index (χ0v) is 9.56. The summed E-state index contributed by atoms with van der Waals surface area (Å²) in [5, 5.41) is 10.5. The van der Waals surface area contributed by atoms with E-state index < -0.39 is 6.10 Å². The lowest BCUT2D eigenvalue weighted by Gasteiger charge is -2.27. The first-order valence-corrected chi connectivity index (χ1v) is 5.61. The summed E-state index contributed by atoms with van der Waals surface area (Å²) in [6, 6.07) is 1.80. The van der Waals surface area contributed by atoms with Crippen molar-refractivity contribution in [1.29, 1.82) is 0 Å². The van der Waals surface area contributed by atoms with Crippen molar-refractivity contribution in [3.63, 3.8) is 0 Å². The van der Waals surface area contributed by atoms with Gasteiger partial charge < -0.3 is 14.6 Å². The summed E-state index contributed by atoms with van der Waals surface area (Å²) < 4.78 is 10.7. The Bertz CT molecular complexity index is 342.